The van der Waals surface area contributed by atoms with Crippen LogP contribution in [0.25, 0.3) is 0 Å². The normalized spacial score (nSPS) is 14.8. The first-order valence-electron chi connectivity index (χ1n) is 3.96. The van der Waals surface area contributed by atoms with Gasteiger partial charge in [0, 0.05) is 6.42 Å². The van der Waals surface area contributed by atoms with Crippen molar-refractivity contribution in [1.82, 2.24) is 0 Å². The van der Waals surface area contributed by atoms with Crippen molar-refractivity contribution in [3.63, 3.8) is 0 Å². The van der Waals surface area contributed by atoms with Gasteiger partial charge in [-0.2, -0.15) is 0 Å². The first-order valence-corrected chi connectivity index (χ1v) is 3.96. The van der Waals surface area contributed by atoms with E-state index in [0.717, 1.165) is 12.8 Å². The van der Waals surface area contributed by atoms with Gasteiger partial charge < -0.3 is 10.8 Å². The molecule has 0 bridgehead atoms. The Kier molecular flexibility index (Phi) is 4.38. The van der Waals surface area contributed by atoms with Crippen molar-refractivity contribution in [2.75, 3.05) is 0 Å². The molecule has 0 aliphatic carbocycles. The van der Waals surface area contributed by atoms with Crippen LogP contribution in [0.5, 0.6) is 0 Å². The summed E-state index contributed by atoms with van der Waals surface area (Å²) in [6, 6.07) is 0. The number of nitrogens with two attached hydrogens (primary N) is 1. The molecule has 3 heteroatoms. The number of hydrogen-bond donors (Lipinski definition) is 2. The molecular weight excluding hydrogens is 154 g/mol. The molecule has 0 aromatic heterocycles. The summed E-state index contributed by atoms with van der Waals surface area (Å²) in [7, 11) is 0. The zero-order valence-electron chi connectivity index (χ0n) is 7.34. The van der Waals surface area contributed by atoms with E-state index in [0.29, 0.717) is 12.8 Å². The van der Waals surface area contributed by atoms with E-state index in [9.17, 15) is 4.79 Å². The average Bonchev–Trinajstić information content (AvgIpc) is 1.98. The van der Waals surface area contributed by atoms with Gasteiger partial charge in [-0.1, -0.05) is 6.42 Å². The molecule has 0 aliphatic heterocycles. The Labute approximate surface area is 73.0 Å². The Morgan fingerprint density at radius 2 is 2.25 bits per heavy atom. The molecule has 0 aromatic carbocycles. The van der Waals surface area contributed by atoms with Crippen LogP contribution in [0.4, 0.5) is 0 Å². The molecule has 0 saturated carbocycles. The van der Waals surface area contributed by atoms with Gasteiger partial charge in [0.05, 0.1) is 0 Å². The second-order valence-electron chi connectivity index (χ2n) is 3.13. The van der Waals surface area contributed by atoms with E-state index in [4.69, 9.17) is 17.3 Å². The van der Waals surface area contributed by atoms with Crippen molar-refractivity contribution in [2.45, 2.75) is 38.1 Å². The van der Waals surface area contributed by atoms with Gasteiger partial charge in [-0.25, -0.2) is 0 Å². The lowest BCUT2D eigenvalue weighted by molar-refractivity contribution is -0.142. The van der Waals surface area contributed by atoms with Crippen LogP contribution in [0.1, 0.15) is 32.6 Å². The third-order valence-electron chi connectivity index (χ3n) is 1.76. The van der Waals surface area contributed by atoms with Gasteiger partial charge in [0.2, 0.25) is 0 Å². The summed E-state index contributed by atoms with van der Waals surface area (Å²) >= 11 is 0. The van der Waals surface area contributed by atoms with E-state index in [2.05, 4.69) is 5.92 Å². The monoisotopic (exact) mass is 169 g/mol. The maximum atomic E-state index is 10.5. The van der Waals surface area contributed by atoms with E-state index in [-0.39, 0.29) is 0 Å². The van der Waals surface area contributed by atoms with Gasteiger partial charge in [0.25, 0.3) is 0 Å². The molecule has 3 N–H and O–H groups in total. The van der Waals surface area contributed by atoms with Crippen LogP contribution in [-0.2, 0) is 4.79 Å². The predicted octanol–water partition coefficient (Wildman–Crippen LogP) is 0.982. The van der Waals surface area contributed by atoms with Gasteiger partial charge in [-0.15, -0.1) is 12.3 Å². The second-order valence-corrected chi connectivity index (χ2v) is 3.13. The van der Waals surface area contributed by atoms with Gasteiger partial charge in [-0.05, 0) is 19.8 Å². The van der Waals surface area contributed by atoms with Crippen molar-refractivity contribution in [3.05, 3.63) is 0 Å². The Balaban J connectivity index is 3.63. The molecule has 0 fully saturated rings. The van der Waals surface area contributed by atoms with Crippen LogP contribution in [0.2, 0.25) is 0 Å². The lowest BCUT2D eigenvalue weighted by atomic mass is 9.96. The van der Waals surface area contributed by atoms with E-state index < -0.39 is 11.5 Å². The zero-order valence-corrected chi connectivity index (χ0v) is 7.34. The van der Waals surface area contributed by atoms with Crippen molar-refractivity contribution in [3.8, 4) is 12.3 Å². The minimum Gasteiger partial charge on any atom is -0.480 e. The highest BCUT2D eigenvalue weighted by atomic mass is 16.4. The predicted molar refractivity (Wildman–Crippen MR) is 47.5 cm³/mol. The number of unbranched alkanes of at least 4 members (excludes halogenated alkanes) is 2. The Morgan fingerprint density at radius 3 is 2.67 bits per heavy atom. The van der Waals surface area contributed by atoms with Crippen molar-refractivity contribution in [2.24, 2.45) is 5.73 Å². The van der Waals surface area contributed by atoms with Crippen LogP contribution in [0.15, 0.2) is 0 Å². The number of terminal acetylenes is 1. The van der Waals surface area contributed by atoms with E-state index in [1.807, 2.05) is 0 Å². The van der Waals surface area contributed by atoms with E-state index in [1.54, 1.807) is 0 Å². The number of aliphatic carboxylic acids is 1. The number of rotatable bonds is 5. The zero-order chi connectivity index (χ0) is 9.61. The van der Waals surface area contributed by atoms with Crippen molar-refractivity contribution < 1.29 is 9.90 Å². The number of hydrogen-bond acceptors (Lipinski definition) is 2. The topological polar surface area (TPSA) is 63.3 Å². The Bertz CT molecular complexity index is 191. The summed E-state index contributed by atoms with van der Waals surface area (Å²) in [5, 5.41) is 8.63. The standard InChI is InChI=1S/C9H15NO2/c1-3-4-5-6-7-9(2,10)8(11)12/h1H,4-7,10H2,2H3,(H,11,12)/t9-/m1/s1. The molecule has 0 heterocycles. The van der Waals surface area contributed by atoms with Crippen LogP contribution in [-0.4, -0.2) is 16.6 Å². The van der Waals surface area contributed by atoms with Crippen molar-refractivity contribution in [1.29, 1.82) is 0 Å². The molecule has 1 atom stereocenters. The van der Waals surface area contributed by atoms with Crippen LogP contribution >= 0.6 is 0 Å². The number of carboxylic acid groups (broad SMARTS) is 1. The van der Waals surface area contributed by atoms with Crippen molar-refractivity contribution >= 4 is 5.97 Å². The molecule has 0 aromatic rings. The summed E-state index contributed by atoms with van der Waals surface area (Å²) in [5.74, 6) is 1.54. The molecule has 0 aliphatic rings. The smallest absolute Gasteiger partial charge is 0.323 e. The quantitative estimate of drug-likeness (QED) is 0.476. The molecule has 0 spiro atoms. The molecule has 0 saturated heterocycles. The second kappa shape index (κ2) is 4.78. The third kappa shape index (κ3) is 3.99. The lowest BCUT2D eigenvalue weighted by Gasteiger charge is -2.18. The summed E-state index contributed by atoms with van der Waals surface area (Å²) in [6.07, 6.45) is 7.82. The first kappa shape index (κ1) is 11.0. The van der Waals surface area contributed by atoms with Crippen LogP contribution in [0.3, 0.4) is 0 Å². The SMILES string of the molecule is C#CCCCC[C@@](C)(N)C(=O)O. The molecule has 0 radical (unpaired) electrons. The first-order chi connectivity index (χ1) is 5.50. The highest BCUT2D eigenvalue weighted by Crippen LogP contribution is 2.11. The average molecular weight is 169 g/mol. The van der Waals surface area contributed by atoms with E-state index in [1.165, 1.54) is 6.92 Å². The lowest BCUT2D eigenvalue weighted by Crippen LogP contribution is -2.44. The maximum Gasteiger partial charge on any atom is 0.323 e. The fourth-order valence-corrected chi connectivity index (χ4v) is 0.826. The highest BCUT2D eigenvalue weighted by molar-refractivity contribution is 5.77. The summed E-state index contributed by atoms with van der Waals surface area (Å²) in [4.78, 5) is 10.5. The van der Waals surface area contributed by atoms with E-state index >= 15 is 0 Å². The number of carboxylic acids is 1. The molecule has 0 rings (SSSR count). The molecule has 12 heavy (non-hydrogen) atoms. The maximum absolute atomic E-state index is 10.5. The number of carbonyl (C=O) groups is 1. The molecule has 3 nitrogen and oxygen atoms in total. The molecular formula is C9H15NO2. The fourth-order valence-electron chi connectivity index (χ4n) is 0.826. The molecule has 0 unspecified atom stereocenters. The fraction of sp³-hybridized carbons (Fsp3) is 0.667. The Morgan fingerprint density at radius 1 is 1.67 bits per heavy atom. The van der Waals surface area contributed by atoms with Crippen LogP contribution in [0, 0.1) is 12.3 Å². The molecule has 68 valence electrons. The third-order valence-corrected chi connectivity index (χ3v) is 1.76. The largest absolute Gasteiger partial charge is 0.480 e. The highest BCUT2D eigenvalue weighted by Gasteiger charge is 2.26. The van der Waals surface area contributed by atoms with Gasteiger partial charge in [0.1, 0.15) is 5.54 Å². The molecule has 0 amide bonds. The minimum absolute atomic E-state index is 0.476. The van der Waals surface area contributed by atoms with Gasteiger partial charge in [0.15, 0.2) is 0 Å². The summed E-state index contributed by atoms with van der Waals surface area (Å²) in [6.45, 7) is 1.52. The summed E-state index contributed by atoms with van der Waals surface area (Å²) in [5.41, 5.74) is 4.39. The minimum atomic E-state index is -1.10. The Hall–Kier alpha value is -1.01. The van der Waals surface area contributed by atoms with Gasteiger partial charge >= 0.3 is 5.97 Å². The summed E-state index contributed by atoms with van der Waals surface area (Å²) < 4.78 is 0. The van der Waals surface area contributed by atoms with Crippen LogP contribution < -0.4 is 5.73 Å². The van der Waals surface area contributed by atoms with Gasteiger partial charge in [-0.3, -0.25) is 4.79 Å².